The molecule has 0 bridgehead atoms. The normalized spacial score (nSPS) is 20.1. The molecule has 1 fully saturated rings. The first kappa shape index (κ1) is 28.4. The molecule has 0 amide bonds. The minimum Gasteiger partial charge on any atom is -0.385 e. The number of hydrogen-bond donors (Lipinski definition) is 2. The van der Waals surface area contributed by atoms with E-state index in [4.69, 9.17) is 5.73 Å². The third-order valence-electron chi connectivity index (χ3n) is 7.65. The van der Waals surface area contributed by atoms with Gasteiger partial charge in [0.1, 0.15) is 0 Å². The molecule has 0 aliphatic carbocycles. The molecule has 1 unspecified atom stereocenters. The summed E-state index contributed by atoms with van der Waals surface area (Å²) >= 11 is 0. The van der Waals surface area contributed by atoms with Gasteiger partial charge in [-0.3, -0.25) is 0 Å². The quantitative estimate of drug-likeness (QED) is 0.362. The molecule has 1 atom stereocenters. The van der Waals surface area contributed by atoms with Gasteiger partial charge in [-0.15, -0.1) is 0 Å². The monoisotopic (exact) mass is 497 g/mol. The van der Waals surface area contributed by atoms with Crippen LogP contribution >= 0.6 is 0 Å². The van der Waals surface area contributed by atoms with Crippen LogP contribution in [0.1, 0.15) is 76.6 Å². The summed E-state index contributed by atoms with van der Waals surface area (Å²) in [5.41, 5.74) is 17.0. The lowest BCUT2D eigenvalue weighted by Crippen LogP contribution is -2.44. The molecule has 0 aromatic heterocycles. The topological polar surface area (TPSA) is 41.3 Å². The fourth-order valence-corrected chi connectivity index (χ4v) is 5.33. The molecule has 0 saturated carbocycles. The Morgan fingerprint density at radius 3 is 2.38 bits per heavy atom. The van der Waals surface area contributed by atoms with Crippen molar-refractivity contribution >= 4 is 11.3 Å². The summed E-state index contributed by atoms with van der Waals surface area (Å²) in [5.74, 6) is 0.839. The highest BCUT2D eigenvalue weighted by Crippen LogP contribution is 2.37. The van der Waals surface area contributed by atoms with Crippen LogP contribution in [-0.4, -0.2) is 24.0 Å². The third-order valence-corrected chi connectivity index (χ3v) is 7.65. The van der Waals surface area contributed by atoms with Crippen molar-refractivity contribution in [1.29, 1.82) is 0 Å². The molecule has 1 saturated heterocycles. The molecule has 3 nitrogen and oxygen atoms in total. The second-order valence-corrected chi connectivity index (χ2v) is 11.5. The van der Waals surface area contributed by atoms with Crippen LogP contribution in [-0.2, 0) is 12.8 Å². The number of fused-ring (bicyclic) bond motifs is 1. The number of allylic oxidation sites excluding steroid dienone is 9. The Morgan fingerprint density at radius 2 is 1.84 bits per heavy atom. The second-order valence-electron chi connectivity index (χ2n) is 11.5. The summed E-state index contributed by atoms with van der Waals surface area (Å²) in [5, 5.41) is 3.86. The summed E-state index contributed by atoms with van der Waals surface area (Å²) in [6, 6.07) is 5.05. The fourth-order valence-electron chi connectivity index (χ4n) is 5.33. The predicted octanol–water partition coefficient (Wildman–Crippen LogP) is 7.69. The Morgan fingerprint density at radius 1 is 1.16 bits per heavy atom. The van der Waals surface area contributed by atoms with Gasteiger partial charge in [0.2, 0.25) is 0 Å². The summed E-state index contributed by atoms with van der Waals surface area (Å²) < 4.78 is 0. The lowest BCUT2D eigenvalue weighted by Gasteiger charge is -2.38. The van der Waals surface area contributed by atoms with Crippen LogP contribution in [0.15, 0.2) is 84.8 Å². The van der Waals surface area contributed by atoms with Gasteiger partial charge in [0.25, 0.3) is 0 Å². The number of likely N-dealkylation sites (tertiary alicyclic amines) is 1. The van der Waals surface area contributed by atoms with Gasteiger partial charge in [0, 0.05) is 30.4 Å². The van der Waals surface area contributed by atoms with Crippen molar-refractivity contribution < 1.29 is 0 Å². The lowest BCUT2D eigenvalue weighted by molar-refractivity contribution is 0.286. The van der Waals surface area contributed by atoms with Crippen LogP contribution in [0, 0.1) is 5.41 Å². The fraction of sp³-hybridized carbons (Fsp3) is 0.412. The minimum atomic E-state index is 0.101. The maximum atomic E-state index is 6.40. The Kier molecular flexibility index (Phi) is 9.12. The standard InChI is InChI=1S/C34H47N3/c1-10-25(15-16-33(35)37-17-13-14-18-37)29-21-27-22-32(34(7,8)9)36-31(30(27)20-26(29)11-2)19-24(6)28(12-3)23(4)5/h10,12,15-16,19-21,32,36H,1,4,6,11,13-14,17-18,22,35H2,2-3,5,7-9H3/b25-15+,28-12-,31-19-,33-16+. The van der Waals surface area contributed by atoms with Crippen LogP contribution in [0.25, 0.3) is 11.3 Å². The largest absolute Gasteiger partial charge is 0.385 e. The maximum absolute atomic E-state index is 6.40. The van der Waals surface area contributed by atoms with Crippen LogP contribution < -0.4 is 11.1 Å². The molecular formula is C34H47N3. The summed E-state index contributed by atoms with van der Waals surface area (Å²) in [7, 11) is 0. The molecule has 198 valence electrons. The summed E-state index contributed by atoms with van der Waals surface area (Å²) in [6.45, 7) is 28.0. The maximum Gasteiger partial charge on any atom is 0.0986 e. The van der Waals surface area contributed by atoms with E-state index in [9.17, 15) is 0 Å². The Labute approximate surface area is 225 Å². The van der Waals surface area contributed by atoms with E-state index in [1.54, 1.807) is 0 Å². The first-order valence-electron chi connectivity index (χ1n) is 13.7. The smallest absolute Gasteiger partial charge is 0.0986 e. The number of rotatable bonds is 8. The molecule has 37 heavy (non-hydrogen) atoms. The van der Waals surface area contributed by atoms with Crippen molar-refractivity contribution in [3.63, 3.8) is 0 Å². The van der Waals surface area contributed by atoms with Gasteiger partial charge >= 0.3 is 0 Å². The van der Waals surface area contributed by atoms with Gasteiger partial charge in [0.05, 0.1) is 5.82 Å². The number of benzene rings is 1. The zero-order valence-electron chi connectivity index (χ0n) is 24.0. The molecule has 0 radical (unpaired) electrons. The van der Waals surface area contributed by atoms with E-state index in [1.807, 2.05) is 26.0 Å². The van der Waals surface area contributed by atoms with Crippen LogP contribution in [0.2, 0.25) is 0 Å². The molecule has 1 aromatic carbocycles. The van der Waals surface area contributed by atoms with E-state index < -0.39 is 0 Å². The minimum absolute atomic E-state index is 0.101. The number of nitrogens with two attached hydrogens (primary N) is 1. The number of hydrogen-bond acceptors (Lipinski definition) is 3. The Hall–Kier alpha value is -3.20. The van der Waals surface area contributed by atoms with Gasteiger partial charge < -0.3 is 16.0 Å². The highest BCUT2D eigenvalue weighted by molar-refractivity contribution is 5.81. The van der Waals surface area contributed by atoms with Crippen molar-refractivity contribution in [3.8, 4) is 0 Å². The second kappa shape index (κ2) is 11.9. The van der Waals surface area contributed by atoms with Crippen LogP contribution in [0.4, 0.5) is 0 Å². The molecule has 2 heterocycles. The average molecular weight is 498 g/mol. The Bertz CT molecular complexity index is 1170. The van der Waals surface area contributed by atoms with Crippen molar-refractivity contribution in [2.24, 2.45) is 11.1 Å². The van der Waals surface area contributed by atoms with Gasteiger partial charge in [-0.1, -0.05) is 77.3 Å². The van der Waals surface area contributed by atoms with Gasteiger partial charge in [-0.2, -0.15) is 0 Å². The van der Waals surface area contributed by atoms with Crippen molar-refractivity contribution in [2.45, 2.75) is 73.3 Å². The van der Waals surface area contributed by atoms with Crippen molar-refractivity contribution in [2.75, 3.05) is 13.1 Å². The van der Waals surface area contributed by atoms with Crippen LogP contribution in [0.5, 0.6) is 0 Å². The van der Waals surface area contributed by atoms with E-state index in [0.29, 0.717) is 6.04 Å². The summed E-state index contributed by atoms with van der Waals surface area (Å²) in [4.78, 5) is 2.26. The summed E-state index contributed by atoms with van der Waals surface area (Å²) in [6.07, 6.45) is 14.8. The molecule has 3 heteroatoms. The highest BCUT2D eigenvalue weighted by atomic mass is 15.2. The van der Waals surface area contributed by atoms with Gasteiger partial charge in [-0.05, 0) is 96.6 Å². The number of aryl methyl sites for hydroxylation is 1. The molecule has 0 spiro atoms. The number of nitrogens with one attached hydrogen (secondary N) is 1. The average Bonchev–Trinajstić information content (AvgIpc) is 3.38. The van der Waals surface area contributed by atoms with Crippen LogP contribution in [0.3, 0.4) is 0 Å². The highest BCUT2D eigenvalue weighted by Gasteiger charge is 2.31. The molecule has 2 aliphatic rings. The SMILES string of the molecule is C=C/C(=C\C=C(/N)N1CCCC1)c1cc2c(cc1CC)/C(=C/C(=C)/C(=C\C)C(=C)C)NC(C(C)(C)C)C2. The van der Waals surface area contributed by atoms with E-state index in [1.165, 1.54) is 35.1 Å². The van der Waals surface area contributed by atoms with E-state index in [-0.39, 0.29) is 5.41 Å². The predicted molar refractivity (Wildman–Crippen MR) is 163 cm³/mol. The zero-order valence-corrected chi connectivity index (χ0v) is 24.0. The molecular weight excluding hydrogens is 450 g/mol. The van der Waals surface area contributed by atoms with Crippen molar-refractivity contribution in [1.82, 2.24) is 10.2 Å². The molecule has 1 aromatic rings. The molecule has 3 rings (SSSR count). The van der Waals surface area contributed by atoms with Gasteiger partial charge in [-0.25, -0.2) is 0 Å². The third kappa shape index (κ3) is 6.57. The van der Waals surface area contributed by atoms with E-state index in [0.717, 1.165) is 59.7 Å². The van der Waals surface area contributed by atoms with E-state index >= 15 is 0 Å². The molecule has 3 N–H and O–H groups in total. The number of nitrogens with zero attached hydrogens (tertiary/aromatic N) is 1. The zero-order chi connectivity index (χ0) is 27.3. The first-order chi connectivity index (χ1) is 17.5. The first-order valence-corrected chi connectivity index (χ1v) is 13.7. The Balaban J connectivity index is 2.12. The van der Waals surface area contributed by atoms with E-state index in [2.05, 4.69) is 88.0 Å². The van der Waals surface area contributed by atoms with Gasteiger partial charge in [0.15, 0.2) is 0 Å². The van der Waals surface area contributed by atoms with Crippen molar-refractivity contribution in [3.05, 3.63) is 107 Å². The molecule has 2 aliphatic heterocycles. The lowest BCUT2D eigenvalue weighted by atomic mass is 9.77.